The molecule has 0 aliphatic carbocycles. The Bertz CT molecular complexity index is 1560. The zero-order valence-corrected chi connectivity index (χ0v) is 22.5. The van der Waals surface area contributed by atoms with Gasteiger partial charge in [-0.1, -0.05) is 38.1 Å². The van der Waals surface area contributed by atoms with E-state index < -0.39 is 0 Å². The minimum Gasteiger partial charge on any atom is -0.351 e. The van der Waals surface area contributed by atoms with Gasteiger partial charge in [0.25, 0.3) is 0 Å². The average molecular weight is 525 g/mol. The topological polar surface area (TPSA) is 57.2 Å². The Labute approximate surface area is 226 Å². The molecule has 1 unspecified atom stereocenters. The van der Waals surface area contributed by atoms with E-state index in [0.29, 0.717) is 5.92 Å². The Morgan fingerprint density at radius 3 is 2.68 bits per heavy atom. The van der Waals surface area contributed by atoms with Crippen molar-refractivity contribution in [2.24, 2.45) is 5.92 Å². The number of thiocarbonyl (C=S) groups is 1. The lowest BCUT2D eigenvalue weighted by atomic mass is 10.00. The number of hydrogen-bond donors (Lipinski definition) is 1. The second kappa shape index (κ2) is 10.0. The monoisotopic (exact) mass is 524 g/mol. The number of rotatable bonds is 4. The van der Waals surface area contributed by atoms with E-state index in [0.717, 1.165) is 58.4 Å². The van der Waals surface area contributed by atoms with Gasteiger partial charge in [0.15, 0.2) is 10.9 Å². The van der Waals surface area contributed by atoms with Crippen LogP contribution in [0.4, 0.5) is 11.5 Å². The molecule has 0 amide bonds. The summed E-state index contributed by atoms with van der Waals surface area (Å²) in [5, 5.41) is 18.0. The molecule has 0 saturated carbocycles. The van der Waals surface area contributed by atoms with Crippen LogP contribution in [0.3, 0.4) is 0 Å². The van der Waals surface area contributed by atoms with Gasteiger partial charge in [-0.15, -0.1) is 21.5 Å². The molecule has 186 valence electrons. The van der Waals surface area contributed by atoms with Crippen LogP contribution in [0.2, 0.25) is 0 Å². The molecule has 1 saturated heterocycles. The minimum atomic E-state index is 0.254. The maximum atomic E-state index is 5.92. The van der Waals surface area contributed by atoms with E-state index in [1.54, 1.807) is 11.3 Å². The molecule has 1 aliphatic heterocycles. The van der Waals surface area contributed by atoms with Crippen molar-refractivity contribution in [3.05, 3.63) is 78.3 Å². The fourth-order valence-electron chi connectivity index (χ4n) is 5.05. The van der Waals surface area contributed by atoms with Crippen molar-refractivity contribution in [2.45, 2.75) is 19.9 Å². The zero-order valence-electron chi connectivity index (χ0n) is 20.8. The lowest BCUT2D eigenvalue weighted by Gasteiger charge is -2.45. The molecule has 1 fully saturated rings. The van der Waals surface area contributed by atoms with Crippen molar-refractivity contribution >= 4 is 61.2 Å². The summed E-state index contributed by atoms with van der Waals surface area (Å²) in [5.41, 5.74) is 4.00. The van der Waals surface area contributed by atoms with Crippen molar-refractivity contribution in [2.75, 3.05) is 29.9 Å². The van der Waals surface area contributed by atoms with Crippen molar-refractivity contribution < 1.29 is 0 Å². The molecule has 1 N–H and O–H groups in total. The van der Waals surface area contributed by atoms with Gasteiger partial charge >= 0.3 is 0 Å². The van der Waals surface area contributed by atoms with Gasteiger partial charge in [-0.3, -0.25) is 4.98 Å². The number of nitrogens with zero attached hydrogens (tertiary/aromatic N) is 5. The fraction of sp³-hybridized carbons (Fsp3) is 0.241. The van der Waals surface area contributed by atoms with Crippen LogP contribution >= 0.6 is 23.6 Å². The first-order valence-electron chi connectivity index (χ1n) is 12.5. The summed E-state index contributed by atoms with van der Waals surface area (Å²) >= 11 is 7.66. The van der Waals surface area contributed by atoms with Crippen LogP contribution in [0.25, 0.3) is 32.2 Å². The van der Waals surface area contributed by atoms with Crippen LogP contribution < -0.4 is 10.2 Å². The molecule has 1 aliphatic rings. The van der Waals surface area contributed by atoms with E-state index in [1.807, 2.05) is 24.4 Å². The first kappa shape index (κ1) is 23.8. The van der Waals surface area contributed by atoms with Gasteiger partial charge in [-0.25, -0.2) is 0 Å². The third kappa shape index (κ3) is 4.63. The van der Waals surface area contributed by atoms with Gasteiger partial charge in [-0.05, 0) is 60.6 Å². The summed E-state index contributed by atoms with van der Waals surface area (Å²) in [6.07, 6.45) is 1.82. The summed E-state index contributed by atoms with van der Waals surface area (Å²) in [6, 6.07) is 23.0. The molecule has 0 bridgehead atoms. The number of thiophene rings is 1. The van der Waals surface area contributed by atoms with E-state index in [-0.39, 0.29) is 6.04 Å². The predicted molar refractivity (Wildman–Crippen MR) is 158 cm³/mol. The molecule has 2 aromatic carbocycles. The van der Waals surface area contributed by atoms with E-state index in [1.165, 1.54) is 10.1 Å². The highest BCUT2D eigenvalue weighted by molar-refractivity contribution is 7.80. The Morgan fingerprint density at radius 2 is 1.84 bits per heavy atom. The van der Waals surface area contributed by atoms with Gasteiger partial charge in [0.1, 0.15) is 0 Å². The maximum Gasteiger partial charge on any atom is 0.173 e. The highest BCUT2D eigenvalue weighted by atomic mass is 32.1. The maximum absolute atomic E-state index is 5.92. The molecule has 37 heavy (non-hydrogen) atoms. The molecule has 8 heteroatoms. The molecular weight excluding hydrogens is 496 g/mol. The van der Waals surface area contributed by atoms with Crippen LogP contribution in [-0.2, 0) is 0 Å². The lowest BCUT2D eigenvalue weighted by Crippen LogP contribution is -2.58. The Kier molecular flexibility index (Phi) is 6.44. The van der Waals surface area contributed by atoms with E-state index in [4.69, 9.17) is 12.2 Å². The number of benzene rings is 2. The standard InChI is InChI=1S/C29H28N6S2/c1-19(2)26-17-34(28-13-12-25(32-33-28)22-18-37-27-11-4-3-7-20(22)27)15-16-35(26)29(36)31-24-10-5-9-23-21(24)8-6-14-30-23/h3-14,18-19,26H,15-17H2,1-2H3,(H,31,36). The third-order valence-electron chi connectivity index (χ3n) is 7.07. The van der Waals surface area contributed by atoms with Crippen molar-refractivity contribution in [3.8, 4) is 11.3 Å². The Balaban J connectivity index is 1.19. The molecule has 0 radical (unpaired) electrons. The first-order chi connectivity index (χ1) is 18.1. The van der Waals surface area contributed by atoms with Crippen LogP contribution in [0.5, 0.6) is 0 Å². The molecule has 0 spiro atoms. The zero-order chi connectivity index (χ0) is 25.4. The van der Waals surface area contributed by atoms with Gasteiger partial charge in [-0.2, -0.15) is 0 Å². The first-order valence-corrected chi connectivity index (χ1v) is 13.8. The fourth-order valence-corrected chi connectivity index (χ4v) is 6.35. The normalized spacial score (nSPS) is 16.0. The second-order valence-electron chi connectivity index (χ2n) is 9.68. The van der Waals surface area contributed by atoms with E-state index >= 15 is 0 Å². The van der Waals surface area contributed by atoms with Gasteiger partial charge in [0.05, 0.1) is 17.3 Å². The average Bonchev–Trinajstić information content (AvgIpc) is 3.37. The number of pyridine rings is 1. The lowest BCUT2D eigenvalue weighted by molar-refractivity contribution is 0.227. The summed E-state index contributed by atoms with van der Waals surface area (Å²) in [4.78, 5) is 9.12. The van der Waals surface area contributed by atoms with Crippen molar-refractivity contribution in [3.63, 3.8) is 0 Å². The largest absolute Gasteiger partial charge is 0.351 e. The highest BCUT2D eigenvalue weighted by Gasteiger charge is 2.32. The summed E-state index contributed by atoms with van der Waals surface area (Å²) in [6.45, 7) is 6.99. The molecular formula is C29H28N6S2. The van der Waals surface area contributed by atoms with Gasteiger partial charge < -0.3 is 15.1 Å². The van der Waals surface area contributed by atoms with Gasteiger partial charge in [0, 0.05) is 57.9 Å². The quantitative estimate of drug-likeness (QED) is 0.271. The molecule has 1 atom stereocenters. The SMILES string of the molecule is CC(C)C1CN(c2ccc(-c3csc4ccccc34)nn2)CCN1C(=S)Nc1cccc2ncccc12. The Hall–Kier alpha value is -3.62. The number of nitrogens with one attached hydrogen (secondary N) is 1. The molecule has 6 nitrogen and oxygen atoms in total. The van der Waals surface area contributed by atoms with Crippen LogP contribution in [0.1, 0.15) is 13.8 Å². The number of hydrogen-bond acceptors (Lipinski definition) is 6. The van der Waals surface area contributed by atoms with Crippen LogP contribution in [0.15, 0.2) is 78.3 Å². The number of aromatic nitrogens is 3. The molecule has 6 rings (SSSR count). The highest BCUT2D eigenvalue weighted by Crippen LogP contribution is 2.33. The predicted octanol–water partition coefficient (Wildman–Crippen LogP) is 6.45. The van der Waals surface area contributed by atoms with E-state index in [9.17, 15) is 0 Å². The smallest absolute Gasteiger partial charge is 0.173 e. The molecule has 4 heterocycles. The van der Waals surface area contributed by atoms with Crippen LogP contribution in [-0.4, -0.2) is 50.9 Å². The van der Waals surface area contributed by atoms with Crippen LogP contribution in [0, 0.1) is 5.92 Å². The minimum absolute atomic E-state index is 0.254. The van der Waals surface area contributed by atoms with Crippen molar-refractivity contribution in [1.29, 1.82) is 0 Å². The number of piperazine rings is 1. The summed E-state index contributed by atoms with van der Waals surface area (Å²) in [5.74, 6) is 1.33. The molecule has 3 aromatic heterocycles. The number of anilines is 2. The summed E-state index contributed by atoms with van der Waals surface area (Å²) < 4.78 is 1.27. The van der Waals surface area contributed by atoms with E-state index in [2.05, 4.69) is 98.1 Å². The van der Waals surface area contributed by atoms with Gasteiger partial charge in [0.2, 0.25) is 0 Å². The third-order valence-corrected chi connectivity index (χ3v) is 8.37. The van der Waals surface area contributed by atoms with Crippen molar-refractivity contribution in [1.82, 2.24) is 20.1 Å². The number of fused-ring (bicyclic) bond motifs is 2. The molecule has 5 aromatic rings. The Morgan fingerprint density at radius 1 is 0.973 bits per heavy atom. The second-order valence-corrected chi connectivity index (χ2v) is 11.0. The summed E-state index contributed by atoms with van der Waals surface area (Å²) in [7, 11) is 0.